The van der Waals surface area contributed by atoms with Crippen molar-refractivity contribution in [1.82, 2.24) is 10.6 Å². The Balaban J connectivity index is 4.55. The predicted molar refractivity (Wildman–Crippen MR) is 77.7 cm³/mol. The monoisotopic (exact) mass is 302 g/mol. The van der Waals surface area contributed by atoms with Gasteiger partial charge in [0.1, 0.15) is 6.04 Å². The van der Waals surface area contributed by atoms with E-state index >= 15 is 0 Å². The van der Waals surface area contributed by atoms with Crippen LogP contribution in [0.25, 0.3) is 0 Å². The molecule has 3 N–H and O–H groups in total. The van der Waals surface area contributed by atoms with Gasteiger partial charge < -0.3 is 20.5 Å². The van der Waals surface area contributed by atoms with Gasteiger partial charge >= 0.3 is 11.9 Å². The van der Waals surface area contributed by atoms with E-state index in [2.05, 4.69) is 36.1 Å². The molecule has 0 aliphatic heterocycles. The molecule has 7 heteroatoms. The third-order valence-corrected chi connectivity index (χ3v) is 2.87. The summed E-state index contributed by atoms with van der Waals surface area (Å²) in [5.74, 6) is -2.18. The summed E-state index contributed by atoms with van der Waals surface area (Å²) in [5, 5.41) is 14.2. The molecule has 0 aliphatic carbocycles. The second kappa shape index (κ2) is 8.61. The molecule has 0 radical (unpaired) electrons. The Morgan fingerprint density at radius 2 is 1.81 bits per heavy atom. The molecule has 122 valence electrons. The van der Waals surface area contributed by atoms with E-state index < -0.39 is 29.9 Å². The molecule has 0 bridgehead atoms. The summed E-state index contributed by atoms with van der Waals surface area (Å²) in [5.41, 5.74) is 0.0799. The molecule has 0 aromatic heterocycles. The van der Waals surface area contributed by atoms with Crippen molar-refractivity contribution in [2.45, 2.75) is 52.6 Å². The van der Waals surface area contributed by atoms with Crippen molar-refractivity contribution in [1.29, 1.82) is 0 Å². The Kier molecular flexibility index (Phi) is 7.94. The maximum absolute atomic E-state index is 12.0. The second-order valence-corrected chi connectivity index (χ2v) is 6.17. The third kappa shape index (κ3) is 9.01. The molecule has 21 heavy (non-hydrogen) atoms. The summed E-state index contributed by atoms with van der Waals surface area (Å²) >= 11 is 0. The summed E-state index contributed by atoms with van der Waals surface area (Å²) in [4.78, 5) is 34.1. The number of carboxylic acids is 1. The summed E-state index contributed by atoms with van der Waals surface area (Å²) in [6, 6.07) is -1.69. The highest BCUT2D eigenvalue weighted by Crippen LogP contribution is 2.17. The van der Waals surface area contributed by atoms with E-state index in [1.165, 1.54) is 14.0 Å². The van der Waals surface area contributed by atoms with Crippen LogP contribution >= 0.6 is 0 Å². The highest BCUT2D eigenvalue weighted by atomic mass is 16.5. The van der Waals surface area contributed by atoms with Crippen molar-refractivity contribution in [2.24, 2.45) is 5.41 Å². The van der Waals surface area contributed by atoms with E-state index in [4.69, 9.17) is 5.11 Å². The first-order valence-corrected chi connectivity index (χ1v) is 6.90. The minimum Gasteiger partial charge on any atom is -0.481 e. The minimum absolute atomic E-state index is 0.0799. The van der Waals surface area contributed by atoms with Crippen LogP contribution < -0.4 is 10.6 Å². The summed E-state index contributed by atoms with van der Waals surface area (Å²) in [6.45, 7) is 8.17. The molecule has 0 spiro atoms. The number of amides is 1. The predicted octanol–water partition coefficient (Wildman–Crippen LogP) is 0.533. The molecule has 0 aromatic rings. The van der Waals surface area contributed by atoms with Crippen LogP contribution in [0.3, 0.4) is 0 Å². The van der Waals surface area contributed by atoms with Gasteiger partial charge in [-0.2, -0.15) is 0 Å². The van der Waals surface area contributed by atoms with Gasteiger partial charge in [0.2, 0.25) is 5.91 Å². The van der Waals surface area contributed by atoms with Crippen molar-refractivity contribution in [3.8, 4) is 0 Å². The Morgan fingerprint density at radius 1 is 1.24 bits per heavy atom. The molecular weight excluding hydrogens is 276 g/mol. The standard InChI is InChI=1S/C14H26N2O5/c1-9(13(20)21-5)16-12(19)10(8-11(17)18)15-7-6-14(2,3)4/h9-10,15H,6-8H2,1-5H3,(H,16,19)(H,17,18)/t9-,10-/m0/s1. The Morgan fingerprint density at radius 3 is 2.24 bits per heavy atom. The van der Waals surface area contributed by atoms with Crippen LogP contribution in [0.1, 0.15) is 40.5 Å². The first-order chi connectivity index (χ1) is 9.56. The lowest BCUT2D eigenvalue weighted by Gasteiger charge is -2.22. The molecule has 0 unspecified atom stereocenters. The summed E-state index contributed by atoms with van der Waals surface area (Å²) in [6.07, 6.45) is 0.451. The molecule has 0 saturated carbocycles. The number of rotatable bonds is 8. The fourth-order valence-corrected chi connectivity index (χ4v) is 1.60. The molecule has 7 nitrogen and oxygen atoms in total. The van der Waals surface area contributed by atoms with E-state index in [1.54, 1.807) is 0 Å². The molecule has 0 aromatic carbocycles. The lowest BCUT2D eigenvalue weighted by Crippen LogP contribution is -2.50. The van der Waals surface area contributed by atoms with Gasteiger partial charge in [-0.1, -0.05) is 20.8 Å². The molecule has 0 fully saturated rings. The molecule has 0 heterocycles. The van der Waals surface area contributed by atoms with Crippen LogP contribution in [0.4, 0.5) is 0 Å². The number of ether oxygens (including phenoxy) is 1. The Hall–Kier alpha value is -1.63. The zero-order chi connectivity index (χ0) is 16.6. The number of methoxy groups -OCH3 is 1. The van der Waals surface area contributed by atoms with Gasteiger partial charge in [-0.3, -0.25) is 9.59 Å². The zero-order valence-electron chi connectivity index (χ0n) is 13.4. The van der Waals surface area contributed by atoms with Gasteiger partial charge in [0.05, 0.1) is 19.6 Å². The smallest absolute Gasteiger partial charge is 0.328 e. The van der Waals surface area contributed by atoms with E-state index in [0.29, 0.717) is 6.54 Å². The van der Waals surface area contributed by atoms with E-state index in [0.717, 1.165) is 6.42 Å². The van der Waals surface area contributed by atoms with Crippen LogP contribution in [0.5, 0.6) is 0 Å². The van der Waals surface area contributed by atoms with Crippen LogP contribution in [0, 0.1) is 5.41 Å². The summed E-state index contributed by atoms with van der Waals surface area (Å²) < 4.78 is 4.51. The molecule has 0 aliphatic rings. The number of carbonyl (C=O) groups is 3. The van der Waals surface area contributed by atoms with Crippen molar-refractivity contribution in [2.75, 3.05) is 13.7 Å². The van der Waals surface area contributed by atoms with E-state index in [9.17, 15) is 14.4 Å². The molecule has 0 rings (SSSR count). The average molecular weight is 302 g/mol. The van der Waals surface area contributed by atoms with Gasteiger partial charge in [-0.15, -0.1) is 0 Å². The van der Waals surface area contributed by atoms with Gasteiger partial charge in [0.15, 0.2) is 0 Å². The lowest BCUT2D eigenvalue weighted by molar-refractivity contribution is -0.145. The first-order valence-electron chi connectivity index (χ1n) is 6.90. The number of nitrogens with one attached hydrogen (secondary N) is 2. The van der Waals surface area contributed by atoms with Gasteiger partial charge in [0, 0.05) is 0 Å². The van der Waals surface area contributed by atoms with Crippen molar-refractivity contribution in [3.63, 3.8) is 0 Å². The highest BCUT2D eigenvalue weighted by molar-refractivity contribution is 5.89. The van der Waals surface area contributed by atoms with Crippen LogP contribution in [0.2, 0.25) is 0 Å². The molecular formula is C14H26N2O5. The maximum Gasteiger partial charge on any atom is 0.328 e. The zero-order valence-corrected chi connectivity index (χ0v) is 13.4. The van der Waals surface area contributed by atoms with Crippen molar-refractivity contribution in [3.05, 3.63) is 0 Å². The number of carbonyl (C=O) groups excluding carboxylic acids is 2. The van der Waals surface area contributed by atoms with Gasteiger partial charge in [0.25, 0.3) is 0 Å². The van der Waals surface area contributed by atoms with Crippen LogP contribution in [-0.4, -0.2) is 48.7 Å². The fraction of sp³-hybridized carbons (Fsp3) is 0.786. The van der Waals surface area contributed by atoms with Crippen molar-refractivity contribution >= 4 is 17.8 Å². The van der Waals surface area contributed by atoms with Gasteiger partial charge in [-0.05, 0) is 25.3 Å². The number of carboxylic acid groups (broad SMARTS) is 1. The molecule has 2 atom stereocenters. The largest absolute Gasteiger partial charge is 0.481 e. The summed E-state index contributed by atoms with van der Waals surface area (Å²) in [7, 11) is 1.22. The minimum atomic E-state index is -1.08. The van der Waals surface area contributed by atoms with E-state index in [1.807, 2.05) is 0 Å². The topological polar surface area (TPSA) is 105 Å². The number of hydrogen-bond acceptors (Lipinski definition) is 5. The quantitative estimate of drug-likeness (QED) is 0.565. The SMILES string of the molecule is COC(=O)[C@H](C)NC(=O)[C@H](CC(=O)O)NCCC(C)(C)C. The van der Waals surface area contributed by atoms with Crippen LogP contribution in [-0.2, 0) is 19.1 Å². The van der Waals surface area contributed by atoms with Crippen LogP contribution in [0.15, 0.2) is 0 Å². The van der Waals surface area contributed by atoms with Crippen molar-refractivity contribution < 1.29 is 24.2 Å². The van der Waals surface area contributed by atoms with E-state index in [-0.39, 0.29) is 11.8 Å². The Labute approximate surface area is 125 Å². The maximum atomic E-state index is 12.0. The fourth-order valence-electron chi connectivity index (χ4n) is 1.60. The number of esters is 1. The first kappa shape index (κ1) is 19.4. The molecule has 0 saturated heterocycles. The molecule has 1 amide bonds. The number of aliphatic carboxylic acids is 1. The second-order valence-electron chi connectivity index (χ2n) is 6.17. The normalized spacial score (nSPS) is 14.1. The Bertz CT molecular complexity index is 376. The van der Waals surface area contributed by atoms with Gasteiger partial charge in [-0.25, -0.2) is 4.79 Å². The third-order valence-electron chi connectivity index (χ3n) is 2.87. The highest BCUT2D eigenvalue weighted by Gasteiger charge is 2.25. The average Bonchev–Trinajstić information content (AvgIpc) is 2.34. The lowest BCUT2D eigenvalue weighted by atomic mass is 9.92. The number of hydrogen-bond donors (Lipinski definition) is 3.